The summed E-state index contributed by atoms with van der Waals surface area (Å²) in [5.74, 6) is -0.595. The Morgan fingerprint density at radius 2 is 1.88 bits per heavy atom. The van der Waals surface area contributed by atoms with Crippen molar-refractivity contribution in [3.05, 3.63) is 78.6 Å². The predicted octanol–water partition coefficient (Wildman–Crippen LogP) is 3.57. The zero-order valence-corrected chi connectivity index (χ0v) is 17.8. The van der Waals surface area contributed by atoms with Crippen molar-refractivity contribution in [2.75, 3.05) is 4.90 Å². The van der Waals surface area contributed by atoms with Gasteiger partial charge in [-0.05, 0) is 48.0 Å². The number of fused-ring (bicyclic) bond motifs is 1. The minimum atomic E-state index is -0.855. The van der Waals surface area contributed by atoms with Crippen molar-refractivity contribution >= 4 is 34.5 Å². The Kier molecular flexibility index (Phi) is 5.18. The Morgan fingerprint density at radius 1 is 1.09 bits per heavy atom. The van der Waals surface area contributed by atoms with Crippen molar-refractivity contribution < 1.29 is 18.8 Å². The highest BCUT2D eigenvalue weighted by Gasteiger charge is 2.43. The van der Waals surface area contributed by atoms with Gasteiger partial charge >= 0.3 is 0 Å². The second-order valence-electron chi connectivity index (χ2n) is 7.83. The molecule has 3 amide bonds. The number of hydrogen-bond acceptors (Lipinski definition) is 6. The molecule has 1 saturated heterocycles. The number of carbonyl (C=O) groups is 3. The number of nitrogens with zero attached hydrogens (tertiary/aromatic N) is 4. The molecule has 2 aromatic heterocycles. The highest BCUT2D eigenvalue weighted by atomic mass is 16.3. The van der Waals surface area contributed by atoms with Gasteiger partial charge in [-0.25, -0.2) is 9.88 Å². The van der Waals surface area contributed by atoms with E-state index in [0.29, 0.717) is 17.2 Å². The molecule has 4 aromatic rings. The molecule has 3 heterocycles. The fourth-order valence-electron chi connectivity index (χ4n) is 4.01. The summed E-state index contributed by atoms with van der Waals surface area (Å²) in [5.41, 5.74) is 3.39. The molecule has 8 heteroatoms. The van der Waals surface area contributed by atoms with E-state index in [4.69, 9.17) is 4.42 Å². The number of carbonyl (C=O) groups excluding carboxylic acids is 3. The molecule has 0 spiro atoms. The van der Waals surface area contributed by atoms with Crippen molar-refractivity contribution in [2.24, 2.45) is 0 Å². The summed E-state index contributed by atoms with van der Waals surface area (Å²) >= 11 is 0. The number of oxazole rings is 1. The molecule has 8 nitrogen and oxygen atoms in total. The Morgan fingerprint density at radius 3 is 2.58 bits per heavy atom. The van der Waals surface area contributed by atoms with E-state index in [2.05, 4.69) is 9.97 Å². The van der Waals surface area contributed by atoms with Gasteiger partial charge in [0.25, 0.3) is 5.91 Å². The lowest BCUT2D eigenvalue weighted by Gasteiger charge is -2.26. The number of anilines is 1. The lowest BCUT2D eigenvalue weighted by Crippen LogP contribution is -2.44. The van der Waals surface area contributed by atoms with Gasteiger partial charge in [0.05, 0.1) is 12.1 Å². The fraction of sp³-hybridized carbons (Fsp3) is 0.160. The molecule has 164 valence electrons. The Balaban J connectivity index is 1.38. The highest BCUT2D eigenvalue weighted by molar-refractivity contribution is 6.23. The largest absolute Gasteiger partial charge is 0.436 e. The number of benzene rings is 2. The molecule has 1 fully saturated rings. The minimum absolute atomic E-state index is 0.0639. The summed E-state index contributed by atoms with van der Waals surface area (Å²) in [5, 5.41) is 0. The van der Waals surface area contributed by atoms with Crippen LogP contribution >= 0.6 is 0 Å². The quantitative estimate of drug-likeness (QED) is 0.440. The molecular formula is C25H20N4O4. The number of pyridine rings is 1. The molecule has 2 aromatic carbocycles. The van der Waals surface area contributed by atoms with E-state index in [9.17, 15) is 14.4 Å². The summed E-state index contributed by atoms with van der Waals surface area (Å²) in [4.78, 5) is 49.4. The summed E-state index contributed by atoms with van der Waals surface area (Å²) in [6, 6.07) is 17.1. The van der Waals surface area contributed by atoms with Crippen molar-refractivity contribution in [1.29, 1.82) is 0 Å². The maximum absolute atomic E-state index is 13.2. The minimum Gasteiger partial charge on any atom is -0.436 e. The molecule has 0 radical (unpaired) electrons. The molecule has 0 bridgehead atoms. The summed E-state index contributed by atoms with van der Waals surface area (Å²) in [7, 11) is 0. The maximum Gasteiger partial charge on any atom is 0.257 e. The van der Waals surface area contributed by atoms with Crippen LogP contribution in [0.5, 0.6) is 0 Å². The number of amides is 3. The van der Waals surface area contributed by atoms with Crippen LogP contribution in [0, 0.1) is 0 Å². The smallest absolute Gasteiger partial charge is 0.257 e. The van der Waals surface area contributed by atoms with Crippen LogP contribution in [0.1, 0.15) is 18.9 Å². The third-order valence-corrected chi connectivity index (χ3v) is 5.65. The van der Waals surface area contributed by atoms with E-state index in [0.717, 1.165) is 21.5 Å². The van der Waals surface area contributed by atoms with Crippen molar-refractivity contribution in [3.63, 3.8) is 0 Å². The van der Waals surface area contributed by atoms with E-state index in [-0.39, 0.29) is 24.8 Å². The lowest BCUT2D eigenvalue weighted by molar-refractivity contribution is -0.137. The van der Waals surface area contributed by atoms with Crippen LogP contribution in [0.2, 0.25) is 0 Å². The highest BCUT2D eigenvalue weighted by Crippen LogP contribution is 2.30. The van der Waals surface area contributed by atoms with Crippen LogP contribution in [0.25, 0.3) is 22.6 Å². The summed E-state index contributed by atoms with van der Waals surface area (Å²) < 4.78 is 5.79. The zero-order chi connectivity index (χ0) is 22.9. The normalized spacial score (nSPS) is 15.9. The molecule has 1 atom stereocenters. The standard InChI is InChI=1S/C25H20N4O4/c1-16(30)28(15-17-5-4-12-26-14-17)21-13-23(31)29(25(21)32)19-10-8-18(9-11-19)24-27-20-6-2-3-7-22(20)33-24/h2-12,14,21H,13,15H2,1H3. The van der Waals surface area contributed by atoms with E-state index in [1.54, 1.807) is 42.7 Å². The number of para-hydroxylation sites is 2. The van der Waals surface area contributed by atoms with Crippen molar-refractivity contribution in [2.45, 2.75) is 25.9 Å². The number of rotatable bonds is 5. The first-order valence-electron chi connectivity index (χ1n) is 10.5. The average Bonchev–Trinajstić information content (AvgIpc) is 3.38. The Labute approximate surface area is 189 Å². The van der Waals surface area contributed by atoms with E-state index >= 15 is 0 Å². The second kappa shape index (κ2) is 8.31. The number of imide groups is 1. The van der Waals surface area contributed by atoms with Crippen LogP contribution in [0.3, 0.4) is 0 Å². The van der Waals surface area contributed by atoms with Crippen molar-refractivity contribution in [3.8, 4) is 11.5 Å². The molecule has 0 aliphatic carbocycles. The predicted molar refractivity (Wildman–Crippen MR) is 121 cm³/mol. The molecule has 1 aliphatic heterocycles. The third-order valence-electron chi connectivity index (χ3n) is 5.65. The number of hydrogen-bond donors (Lipinski definition) is 0. The Hall–Kier alpha value is -4.33. The SMILES string of the molecule is CC(=O)N(Cc1cccnc1)C1CC(=O)N(c2ccc(-c3nc4ccccc4o3)cc2)C1=O. The fourth-order valence-corrected chi connectivity index (χ4v) is 4.01. The van der Waals surface area contributed by atoms with Gasteiger partial charge in [0.2, 0.25) is 17.7 Å². The molecule has 0 saturated carbocycles. The van der Waals surface area contributed by atoms with Crippen molar-refractivity contribution in [1.82, 2.24) is 14.9 Å². The number of aromatic nitrogens is 2. The first kappa shape index (κ1) is 20.6. The lowest BCUT2D eigenvalue weighted by atomic mass is 10.1. The molecule has 5 rings (SSSR count). The molecule has 1 aliphatic rings. The molecular weight excluding hydrogens is 420 g/mol. The van der Waals surface area contributed by atoms with Gasteiger partial charge in [-0.3, -0.25) is 19.4 Å². The van der Waals surface area contributed by atoms with Gasteiger partial charge in [0, 0.05) is 31.4 Å². The van der Waals surface area contributed by atoms with Gasteiger partial charge < -0.3 is 9.32 Å². The first-order valence-corrected chi connectivity index (χ1v) is 10.5. The summed E-state index contributed by atoms with van der Waals surface area (Å²) in [6.07, 6.45) is 3.21. The van der Waals surface area contributed by atoms with E-state index in [1.807, 2.05) is 30.3 Å². The van der Waals surface area contributed by atoms with Gasteiger partial charge in [-0.2, -0.15) is 0 Å². The van der Waals surface area contributed by atoms with Gasteiger partial charge in [0.15, 0.2) is 5.58 Å². The average molecular weight is 440 g/mol. The van der Waals surface area contributed by atoms with Crippen LogP contribution in [0.4, 0.5) is 5.69 Å². The van der Waals surface area contributed by atoms with Gasteiger partial charge in [-0.15, -0.1) is 0 Å². The Bertz CT molecular complexity index is 1310. The van der Waals surface area contributed by atoms with Crippen LogP contribution in [-0.2, 0) is 20.9 Å². The van der Waals surface area contributed by atoms with Crippen LogP contribution in [0.15, 0.2) is 77.5 Å². The van der Waals surface area contributed by atoms with Gasteiger partial charge in [-0.1, -0.05) is 18.2 Å². The topological polar surface area (TPSA) is 96.6 Å². The van der Waals surface area contributed by atoms with Crippen LogP contribution < -0.4 is 4.90 Å². The molecule has 1 unspecified atom stereocenters. The third kappa shape index (κ3) is 3.87. The summed E-state index contributed by atoms with van der Waals surface area (Å²) in [6.45, 7) is 1.60. The second-order valence-corrected chi connectivity index (χ2v) is 7.83. The molecule has 0 N–H and O–H groups in total. The van der Waals surface area contributed by atoms with E-state index in [1.165, 1.54) is 11.8 Å². The molecule has 33 heavy (non-hydrogen) atoms. The monoisotopic (exact) mass is 440 g/mol. The van der Waals surface area contributed by atoms with Gasteiger partial charge in [0.1, 0.15) is 11.6 Å². The van der Waals surface area contributed by atoms with E-state index < -0.39 is 11.9 Å². The first-order chi connectivity index (χ1) is 16.0. The zero-order valence-electron chi connectivity index (χ0n) is 17.8. The van der Waals surface area contributed by atoms with Crippen LogP contribution in [-0.4, -0.2) is 38.6 Å². The maximum atomic E-state index is 13.2.